The molecule has 1 heterocycles. The highest BCUT2D eigenvalue weighted by Gasteiger charge is 2.27. The smallest absolute Gasteiger partial charge is 0.230 e. The van der Waals surface area contributed by atoms with Crippen molar-refractivity contribution in [1.29, 1.82) is 0 Å². The fraction of sp³-hybridized carbons (Fsp3) is 0.357. The summed E-state index contributed by atoms with van der Waals surface area (Å²) in [5.41, 5.74) is 0.911. The summed E-state index contributed by atoms with van der Waals surface area (Å²) >= 11 is 1.47. The normalized spacial score (nSPS) is 14.1. The molecule has 5 nitrogen and oxygen atoms in total. The molecule has 0 spiro atoms. The maximum Gasteiger partial charge on any atom is 0.230 e. The molecule has 0 saturated heterocycles. The summed E-state index contributed by atoms with van der Waals surface area (Å²) in [6.45, 7) is 0. The Morgan fingerprint density at radius 3 is 3.05 bits per heavy atom. The van der Waals surface area contributed by atoms with Crippen molar-refractivity contribution in [3.8, 4) is 5.75 Å². The molecule has 1 fully saturated rings. The van der Waals surface area contributed by atoms with E-state index in [-0.39, 0.29) is 5.91 Å². The molecule has 20 heavy (non-hydrogen) atoms. The molecule has 1 N–H and O–H groups in total. The molecule has 1 saturated carbocycles. The third-order valence-electron chi connectivity index (χ3n) is 3.11. The third kappa shape index (κ3) is 3.14. The van der Waals surface area contributed by atoms with Crippen LogP contribution < -0.4 is 10.1 Å². The minimum Gasteiger partial charge on any atom is -0.497 e. The zero-order valence-electron chi connectivity index (χ0n) is 11.1. The lowest BCUT2D eigenvalue weighted by Crippen LogP contribution is -2.14. The molecule has 1 aromatic heterocycles. The van der Waals surface area contributed by atoms with Gasteiger partial charge in [0.15, 0.2) is 0 Å². The molecule has 0 aliphatic heterocycles. The fourth-order valence-corrected chi connectivity index (χ4v) is 2.84. The van der Waals surface area contributed by atoms with E-state index >= 15 is 0 Å². The van der Waals surface area contributed by atoms with Gasteiger partial charge in [0.2, 0.25) is 11.0 Å². The van der Waals surface area contributed by atoms with Crippen molar-refractivity contribution in [3.05, 3.63) is 34.8 Å². The number of amides is 1. The van der Waals surface area contributed by atoms with Crippen LogP contribution in [0.2, 0.25) is 0 Å². The number of nitrogens with zero attached hydrogens (tertiary/aromatic N) is 2. The van der Waals surface area contributed by atoms with Crippen molar-refractivity contribution in [2.24, 2.45) is 0 Å². The van der Waals surface area contributed by atoms with Crippen LogP contribution in [0.4, 0.5) is 5.13 Å². The molecule has 104 valence electrons. The van der Waals surface area contributed by atoms with Crippen LogP contribution in [0.5, 0.6) is 5.75 Å². The number of benzene rings is 1. The summed E-state index contributed by atoms with van der Waals surface area (Å²) in [7, 11) is 1.61. The Balaban J connectivity index is 1.60. The van der Waals surface area contributed by atoms with Gasteiger partial charge in [-0.3, -0.25) is 4.79 Å². The number of ether oxygens (including phenoxy) is 1. The maximum atomic E-state index is 12.0. The van der Waals surface area contributed by atoms with Gasteiger partial charge in [-0.1, -0.05) is 23.5 Å². The molecule has 1 amide bonds. The lowest BCUT2D eigenvalue weighted by molar-refractivity contribution is -0.115. The Morgan fingerprint density at radius 2 is 2.30 bits per heavy atom. The second-order valence-corrected chi connectivity index (χ2v) is 5.81. The minimum absolute atomic E-state index is 0.0863. The van der Waals surface area contributed by atoms with Gasteiger partial charge < -0.3 is 10.1 Å². The number of methoxy groups -OCH3 is 1. The van der Waals surface area contributed by atoms with Crippen LogP contribution in [0.3, 0.4) is 0 Å². The van der Waals surface area contributed by atoms with Crippen molar-refractivity contribution >= 4 is 22.4 Å². The molecule has 1 aliphatic carbocycles. The van der Waals surface area contributed by atoms with E-state index in [1.165, 1.54) is 24.2 Å². The number of nitrogens with one attached hydrogen (secondary N) is 1. The molecule has 0 unspecified atom stereocenters. The van der Waals surface area contributed by atoms with Gasteiger partial charge in [0.1, 0.15) is 10.8 Å². The summed E-state index contributed by atoms with van der Waals surface area (Å²) < 4.78 is 5.14. The van der Waals surface area contributed by atoms with E-state index in [1.807, 2.05) is 24.3 Å². The summed E-state index contributed by atoms with van der Waals surface area (Å²) in [4.78, 5) is 12.0. The third-order valence-corrected chi connectivity index (χ3v) is 4.11. The van der Waals surface area contributed by atoms with Gasteiger partial charge >= 0.3 is 0 Å². The van der Waals surface area contributed by atoms with E-state index < -0.39 is 0 Å². The van der Waals surface area contributed by atoms with Crippen LogP contribution in [0, 0.1) is 0 Å². The van der Waals surface area contributed by atoms with E-state index in [4.69, 9.17) is 4.74 Å². The number of anilines is 1. The molecule has 6 heteroatoms. The first-order valence-electron chi connectivity index (χ1n) is 6.51. The van der Waals surface area contributed by atoms with Crippen LogP contribution in [0.1, 0.15) is 29.3 Å². The van der Waals surface area contributed by atoms with Gasteiger partial charge in [0, 0.05) is 5.92 Å². The van der Waals surface area contributed by atoms with Crippen LogP contribution in [-0.4, -0.2) is 23.2 Å². The van der Waals surface area contributed by atoms with Gasteiger partial charge in [-0.2, -0.15) is 0 Å². The average molecular weight is 289 g/mol. The number of hydrogen-bond donors (Lipinski definition) is 1. The highest BCUT2D eigenvalue weighted by atomic mass is 32.1. The van der Waals surface area contributed by atoms with Gasteiger partial charge in [-0.15, -0.1) is 10.2 Å². The predicted molar refractivity (Wildman–Crippen MR) is 77.2 cm³/mol. The summed E-state index contributed by atoms with van der Waals surface area (Å²) in [5, 5.41) is 12.5. The van der Waals surface area contributed by atoms with Gasteiger partial charge in [0.25, 0.3) is 0 Å². The summed E-state index contributed by atoms with van der Waals surface area (Å²) in [6.07, 6.45) is 2.67. The Bertz CT molecular complexity index is 622. The molecule has 2 aromatic rings. The second-order valence-electron chi connectivity index (χ2n) is 4.80. The first-order valence-corrected chi connectivity index (χ1v) is 7.32. The van der Waals surface area contributed by atoms with Crippen LogP contribution in [0.25, 0.3) is 0 Å². The Hall–Kier alpha value is -1.95. The largest absolute Gasteiger partial charge is 0.497 e. The second kappa shape index (κ2) is 5.58. The molecule has 0 atom stereocenters. The first kappa shape index (κ1) is 13.1. The lowest BCUT2D eigenvalue weighted by Gasteiger charge is -2.04. The Kier molecular flexibility index (Phi) is 3.64. The maximum absolute atomic E-state index is 12.0. The monoisotopic (exact) mass is 289 g/mol. The molecular formula is C14H15N3O2S. The topological polar surface area (TPSA) is 64.1 Å². The standard InChI is InChI=1S/C14H15N3O2S/c1-19-11-4-2-3-9(7-11)8-12(18)15-14-17-16-13(20-14)10-5-6-10/h2-4,7,10H,5-6,8H2,1H3,(H,15,17,18). The zero-order valence-corrected chi connectivity index (χ0v) is 11.9. The molecule has 1 aliphatic rings. The van der Waals surface area contributed by atoms with E-state index in [1.54, 1.807) is 7.11 Å². The van der Waals surface area contributed by atoms with Crippen LogP contribution >= 0.6 is 11.3 Å². The molecule has 0 radical (unpaired) electrons. The Morgan fingerprint density at radius 1 is 1.45 bits per heavy atom. The molecule has 3 rings (SSSR count). The number of aromatic nitrogens is 2. The molecule has 0 bridgehead atoms. The summed E-state index contributed by atoms with van der Waals surface area (Å²) in [6, 6.07) is 7.48. The summed E-state index contributed by atoms with van der Waals surface area (Å²) in [5.74, 6) is 1.23. The van der Waals surface area contributed by atoms with E-state index in [0.717, 1.165) is 16.3 Å². The van der Waals surface area contributed by atoms with E-state index in [9.17, 15) is 4.79 Å². The van der Waals surface area contributed by atoms with Crippen molar-refractivity contribution in [3.63, 3.8) is 0 Å². The quantitative estimate of drug-likeness (QED) is 0.919. The molecule has 1 aromatic carbocycles. The minimum atomic E-state index is -0.0863. The highest BCUT2D eigenvalue weighted by molar-refractivity contribution is 7.15. The van der Waals surface area contributed by atoms with E-state index in [2.05, 4.69) is 15.5 Å². The van der Waals surface area contributed by atoms with Gasteiger partial charge in [0.05, 0.1) is 13.5 Å². The Labute approximate surface area is 121 Å². The predicted octanol–water partition coefficient (Wildman–Crippen LogP) is 2.61. The average Bonchev–Trinajstić information content (AvgIpc) is 3.20. The van der Waals surface area contributed by atoms with Gasteiger partial charge in [-0.05, 0) is 30.5 Å². The van der Waals surface area contributed by atoms with Crippen molar-refractivity contribution in [2.75, 3.05) is 12.4 Å². The fourth-order valence-electron chi connectivity index (χ4n) is 1.91. The zero-order chi connectivity index (χ0) is 13.9. The first-order chi connectivity index (χ1) is 9.74. The number of carbonyl (C=O) groups excluding carboxylic acids is 1. The highest BCUT2D eigenvalue weighted by Crippen LogP contribution is 2.42. The lowest BCUT2D eigenvalue weighted by atomic mass is 10.1. The van der Waals surface area contributed by atoms with Crippen LogP contribution in [0.15, 0.2) is 24.3 Å². The van der Waals surface area contributed by atoms with E-state index in [0.29, 0.717) is 17.5 Å². The van der Waals surface area contributed by atoms with Crippen LogP contribution in [-0.2, 0) is 11.2 Å². The van der Waals surface area contributed by atoms with Crippen molar-refractivity contribution in [1.82, 2.24) is 10.2 Å². The number of rotatable bonds is 5. The number of carbonyl (C=O) groups is 1. The van der Waals surface area contributed by atoms with Crippen molar-refractivity contribution in [2.45, 2.75) is 25.2 Å². The SMILES string of the molecule is COc1cccc(CC(=O)Nc2nnc(C3CC3)s2)c1. The molecular weight excluding hydrogens is 274 g/mol. The van der Waals surface area contributed by atoms with Gasteiger partial charge in [-0.25, -0.2) is 0 Å². The van der Waals surface area contributed by atoms with Crippen molar-refractivity contribution < 1.29 is 9.53 Å². The number of hydrogen-bond acceptors (Lipinski definition) is 5.